The van der Waals surface area contributed by atoms with E-state index in [9.17, 15) is 5.11 Å². The molecule has 1 atom stereocenters. The number of anilines is 1. The molecule has 0 saturated heterocycles. The zero-order valence-electron chi connectivity index (χ0n) is 6.15. The fraction of sp³-hybridized carbons (Fsp3) is 0.500. The smallest absolute Gasteiger partial charge is 0.192 e. The first-order valence-electron chi connectivity index (χ1n) is 3.25. The van der Waals surface area contributed by atoms with Gasteiger partial charge in [0.25, 0.3) is 0 Å². The Kier molecular flexibility index (Phi) is 2.81. The molecule has 0 amide bonds. The van der Waals surface area contributed by atoms with Crippen LogP contribution in [-0.2, 0) is 4.74 Å². The van der Waals surface area contributed by atoms with Gasteiger partial charge in [0.2, 0.25) is 0 Å². The van der Waals surface area contributed by atoms with Crippen molar-refractivity contribution in [3.05, 3.63) is 11.1 Å². The minimum atomic E-state index is -0.880. The summed E-state index contributed by atoms with van der Waals surface area (Å²) >= 11 is 1.23. The molecule has 1 rings (SSSR count). The van der Waals surface area contributed by atoms with Crippen LogP contribution in [0, 0.1) is 0 Å². The van der Waals surface area contributed by atoms with Crippen molar-refractivity contribution >= 4 is 16.5 Å². The maximum Gasteiger partial charge on any atom is 0.192 e. The summed E-state index contributed by atoms with van der Waals surface area (Å²) in [6, 6.07) is 0. The third kappa shape index (κ3) is 2.14. The van der Waals surface area contributed by atoms with E-state index in [0.717, 1.165) is 0 Å². The van der Waals surface area contributed by atoms with E-state index in [1.54, 1.807) is 0 Å². The number of rotatable bonds is 3. The lowest BCUT2D eigenvalue weighted by atomic mass is 10.5. The van der Waals surface area contributed by atoms with E-state index in [1.807, 2.05) is 6.92 Å². The summed E-state index contributed by atoms with van der Waals surface area (Å²) in [5, 5.41) is 9.67. The number of hydrogen-bond donors (Lipinski definition) is 2. The molecule has 1 aromatic heterocycles. The first kappa shape index (κ1) is 8.45. The number of hydrogen-bond acceptors (Lipinski definition) is 5. The molecule has 0 aliphatic rings. The number of ether oxygens (including phenoxy) is 1. The van der Waals surface area contributed by atoms with E-state index in [1.165, 1.54) is 17.5 Å². The van der Waals surface area contributed by atoms with E-state index >= 15 is 0 Å². The molecule has 0 spiro atoms. The van der Waals surface area contributed by atoms with Crippen molar-refractivity contribution in [3.63, 3.8) is 0 Å². The van der Waals surface area contributed by atoms with Crippen molar-refractivity contribution in [1.82, 2.24) is 4.98 Å². The number of nitrogen functional groups attached to an aromatic ring is 1. The first-order valence-corrected chi connectivity index (χ1v) is 4.06. The second-order valence-electron chi connectivity index (χ2n) is 1.91. The summed E-state index contributed by atoms with van der Waals surface area (Å²) in [6.45, 7) is 2.28. The molecule has 4 nitrogen and oxygen atoms in total. The summed E-state index contributed by atoms with van der Waals surface area (Å²) in [4.78, 5) is 4.42. The zero-order chi connectivity index (χ0) is 8.27. The number of aliphatic hydroxyl groups is 1. The van der Waals surface area contributed by atoms with E-state index in [0.29, 0.717) is 16.6 Å². The second-order valence-corrected chi connectivity index (χ2v) is 3.00. The Balaban J connectivity index is 2.60. The Bertz CT molecular complexity index is 226. The van der Waals surface area contributed by atoms with Crippen molar-refractivity contribution in [1.29, 1.82) is 0 Å². The van der Waals surface area contributed by atoms with Gasteiger partial charge in [-0.05, 0) is 6.92 Å². The summed E-state index contributed by atoms with van der Waals surface area (Å²) < 4.78 is 4.91. The lowest BCUT2D eigenvalue weighted by molar-refractivity contribution is -0.0956. The van der Waals surface area contributed by atoms with Gasteiger partial charge < -0.3 is 15.6 Å². The molecular formula is C6H10N2O2S. The minimum absolute atomic E-state index is 0.443. The fourth-order valence-corrected chi connectivity index (χ4v) is 1.28. The molecule has 5 heteroatoms. The van der Waals surface area contributed by atoms with Crippen molar-refractivity contribution in [3.8, 4) is 0 Å². The molecule has 1 heterocycles. The third-order valence-corrected chi connectivity index (χ3v) is 1.97. The zero-order valence-corrected chi connectivity index (χ0v) is 6.97. The molecule has 0 radical (unpaired) electrons. The van der Waals surface area contributed by atoms with Crippen LogP contribution in [-0.4, -0.2) is 16.7 Å². The highest BCUT2D eigenvalue weighted by Gasteiger charge is 2.09. The maximum absolute atomic E-state index is 9.23. The Morgan fingerprint density at radius 3 is 3.09 bits per heavy atom. The summed E-state index contributed by atoms with van der Waals surface area (Å²) in [7, 11) is 0. The summed E-state index contributed by atoms with van der Waals surface area (Å²) in [6.07, 6.45) is 0.634. The Hall–Kier alpha value is -0.650. The molecule has 0 aliphatic heterocycles. The molecule has 0 saturated carbocycles. The van der Waals surface area contributed by atoms with E-state index in [4.69, 9.17) is 10.5 Å². The third-order valence-electron chi connectivity index (χ3n) is 1.11. The summed E-state index contributed by atoms with van der Waals surface area (Å²) in [5.41, 5.74) is 5.35. The van der Waals surface area contributed by atoms with Gasteiger partial charge in [0.15, 0.2) is 11.4 Å². The molecule has 62 valence electrons. The van der Waals surface area contributed by atoms with Crippen LogP contribution in [0.5, 0.6) is 0 Å². The predicted octanol–water partition coefficient (Wildman–Crippen LogP) is 0.753. The fourth-order valence-electron chi connectivity index (χ4n) is 0.655. The van der Waals surface area contributed by atoms with Gasteiger partial charge in [-0.2, -0.15) is 0 Å². The van der Waals surface area contributed by atoms with Gasteiger partial charge in [-0.3, -0.25) is 0 Å². The lowest BCUT2D eigenvalue weighted by Crippen LogP contribution is -1.99. The topological polar surface area (TPSA) is 68.4 Å². The molecule has 0 fully saturated rings. The normalized spacial score (nSPS) is 13.3. The maximum atomic E-state index is 9.23. The van der Waals surface area contributed by atoms with Crippen LogP contribution >= 0.6 is 11.3 Å². The molecular weight excluding hydrogens is 164 g/mol. The number of aromatic nitrogens is 1. The van der Waals surface area contributed by atoms with Crippen LogP contribution in [0.1, 0.15) is 18.1 Å². The number of aliphatic hydroxyl groups excluding tert-OH is 1. The van der Waals surface area contributed by atoms with Gasteiger partial charge in [-0.25, -0.2) is 4.98 Å². The van der Waals surface area contributed by atoms with E-state index < -0.39 is 6.29 Å². The van der Waals surface area contributed by atoms with Crippen LogP contribution in [0.25, 0.3) is 0 Å². The molecule has 0 bridgehead atoms. The van der Waals surface area contributed by atoms with E-state index in [2.05, 4.69) is 4.98 Å². The van der Waals surface area contributed by atoms with Crippen molar-refractivity contribution in [2.75, 3.05) is 12.3 Å². The van der Waals surface area contributed by atoms with Crippen LogP contribution < -0.4 is 5.73 Å². The molecule has 11 heavy (non-hydrogen) atoms. The highest BCUT2D eigenvalue weighted by Crippen LogP contribution is 2.22. The average molecular weight is 174 g/mol. The highest BCUT2D eigenvalue weighted by atomic mass is 32.1. The lowest BCUT2D eigenvalue weighted by Gasteiger charge is -2.05. The number of nitrogens with zero attached hydrogens (tertiary/aromatic N) is 1. The molecule has 3 N–H and O–H groups in total. The van der Waals surface area contributed by atoms with Gasteiger partial charge in [-0.1, -0.05) is 11.3 Å². The van der Waals surface area contributed by atoms with Crippen molar-refractivity contribution in [2.24, 2.45) is 0 Å². The second kappa shape index (κ2) is 3.66. The van der Waals surface area contributed by atoms with Crippen molar-refractivity contribution in [2.45, 2.75) is 13.2 Å². The average Bonchev–Trinajstić information content (AvgIpc) is 2.36. The van der Waals surface area contributed by atoms with Gasteiger partial charge in [0.05, 0.1) is 4.88 Å². The molecule has 0 aliphatic carbocycles. The first-order chi connectivity index (χ1) is 5.24. The SMILES string of the molecule is CCOC(O)c1cnc(N)s1. The van der Waals surface area contributed by atoms with Crippen molar-refractivity contribution < 1.29 is 9.84 Å². The quantitative estimate of drug-likeness (QED) is 0.663. The van der Waals surface area contributed by atoms with Gasteiger partial charge in [0, 0.05) is 12.8 Å². The molecule has 1 unspecified atom stereocenters. The van der Waals surface area contributed by atoms with Crippen LogP contribution in [0.2, 0.25) is 0 Å². The van der Waals surface area contributed by atoms with E-state index in [-0.39, 0.29) is 0 Å². The highest BCUT2D eigenvalue weighted by molar-refractivity contribution is 7.15. The molecule has 0 aromatic carbocycles. The summed E-state index contributed by atoms with van der Waals surface area (Å²) in [5.74, 6) is 0. The predicted molar refractivity (Wildman–Crippen MR) is 43.1 cm³/mol. The van der Waals surface area contributed by atoms with Crippen LogP contribution in [0.4, 0.5) is 5.13 Å². The Morgan fingerprint density at radius 1 is 1.91 bits per heavy atom. The Labute approximate surface area is 68.6 Å². The molecule has 1 aromatic rings. The van der Waals surface area contributed by atoms with Gasteiger partial charge >= 0.3 is 0 Å². The Morgan fingerprint density at radius 2 is 2.64 bits per heavy atom. The van der Waals surface area contributed by atoms with Gasteiger partial charge in [-0.15, -0.1) is 0 Å². The van der Waals surface area contributed by atoms with Gasteiger partial charge in [0.1, 0.15) is 0 Å². The monoisotopic (exact) mass is 174 g/mol. The van der Waals surface area contributed by atoms with Crippen LogP contribution in [0.15, 0.2) is 6.20 Å². The largest absolute Gasteiger partial charge is 0.375 e. The minimum Gasteiger partial charge on any atom is -0.375 e. The van der Waals surface area contributed by atoms with Crippen LogP contribution in [0.3, 0.4) is 0 Å². The number of thiazole rings is 1. The standard InChI is InChI=1S/C6H10N2O2S/c1-2-10-5(9)4-3-8-6(7)11-4/h3,5,9H,2H2,1H3,(H2,7,8). The number of nitrogens with two attached hydrogens (primary N) is 1.